The van der Waals surface area contributed by atoms with Crippen molar-refractivity contribution in [3.63, 3.8) is 0 Å². The van der Waals surface area contributed by atoms with Crippen molar-refractivity contribution in [1.29, 1.82) is 0 Å². The minimum Gasteiger partial charge on any atom is -0.277 e. The molecule has 1 aliphatic heterocycles. The predicted octanol–water partition coefficient (Wildman–Crippen LogP) is 7.31. The van der Waals surface area contributed by atoms with Crippen LogP contribution in [0.1, 0.15) is 30.9 Å². The van der Waals surface area contributed by atoms with Crippen LogP contribution in [0.25, 0.3) is 22.3 Å². The molecular formula is C33H37N3. The van der Waals surface area contributed by atoms with E-state index in [0.717, 1.165) is 39.6 Å². The zero-order chi connectivity index (χ0) is 24.6. The molecule has 4 aromatic carbocycles. The Kier molecular flexibility index (Phi) is 8.24. The average molecular weight is 476 g/mol. The van der Waals surface area contributed by atoms with Gasteiger partial charge in [0.25, 0.3) is 0 Å². The van der Waals surface area contributed by atoms with E-state index in [1.807, 2.05) is 0 Å². The van der Waals surface area contributed by atoms with Crippen LogP contribution in [-0.2, 0) is 13.1 Å². The molecule has 0 atom stereocenters. The first-order chi connectivity index (χ1) is 17.8. The van der Waals surface area contributed by atoms with Crippen LogP contribution in [0, 0.1) is 0 Å². The fraction of sp³-hybridized carbons (Fsp3) is 0.273. The molecule has 0 unspecified atom stereocenters. The Labute approximate surface area is 216 Å². The molecule has 0 saturated carbocycles. The predicted molar refractivity (Wildman–Crippen MR) is 151 cm³/mol. The van der Waals surface area contributed by atoms with Crippen molar-refractivity contribution in [2.75, 3.05) is 26.6 Å². The highest BCUT2D eigenvalue weighted by molar-refractivity contribution is 5.64. The Morgan fingerprint density at radius 2 is 0.861 bits per heavy atom. The molecule has 5 rings (SSSR count). The van der Waals surface area contributed by atoms with Gasteiger partial charge in [0.05, 0.1) is 20.0 Å². The number of benzene rings is 4. The van der Waals surface area contributed by atoms with E-state index >= 15 is 0 Å². The van der Waals surface area contributed by atoms with Crippen molar-refractivity contribution < 1.29 is 0 Å². The van der Waals surface area contributed by atoms with Crippen LogP contribution in [0.3, 0.4) is 0 Å². The Hall–Kier alpha value is -3.24. The van der Waals surface area contributed by atoms with E-state index in [0.29, 0.717) is 0 Å². The number of hydrogen-bond donors (Lipinski definition) is 0. The number of nitrogens with zero attached hydrogens (tertiary/aromatic N) is 3. The molecule has 0 bridgehead atoms. The van der Waals surface area contributed by atoms with Crippen LogP contribution in [0.4, 0.5) is 0 Å². The maximum atomic E-state index is 2.60. The summed E-state index contributed by atoms with van der Waals surface area (Å²) < 4.78 is 0. The summed E-state index contributed by atoms with van der Waals surface area (Å²) in [4.78, 5) is 7.76. The third kappa shape index (κ3) is 6.50. The first kappa shape index (κ1) is 24.5. The van der Waals surface area contributed by atoms with Gasteiger partial charge < -0.3 is 0 Å². The molecule has 1 fully saturated rings. The van der Waals surface area contributed by atoms with Gasteiger partial charge in [0.2, 0.25) is 0 Å². The highest BCUT2D eigenvalue weighted by atomic mass is 15.5. The van der Waals surface area contributed by atoms with E-state index in [9.17, 15) is 0 Å². The largest absolute Gasteiger partial charge is 0.277 e. The Bertz CT molecular complexity index is 1090. The standard InChI is InChI=1S/C33H37N3/c1-2-3-22-34-25-35(23-28-14-18-32(19-15-28)30-10-6-4-7-11-30)27-36(26-34)24-29-16-20-33(21-17-29)31-12-8-5-9-13-31/h4-21H,2-3,22-27H2,1H3. The van der Waals surface area contributed by atoms with E-state index in [4.69, 9.17) is 0 Å². The van der Waals surface area contributed by atoms with Gasteiger partial charge >= 0.3 is 0 Å². The van der Waals surface area contributed by atoms with Gasteiger partial charge in [-0.1, -0.05) is 123 Å². The third-order valence-electron chi connectivity index (χ3n) is 6.96. The van der Waals surface area contributed by atoms with Crippen molar-refractivity contribution in [3.05, 3.63) is 120 Å². The summed E-state index contributed by atoms with van der Waals surface area (Å²) in [5.41, 5.74) is 7.86. The van der Waals surface area contributed by atoms with E-state index in [-0.39, 0.29) is 0 Å². The lowest BCUT2D eigenvalue weighted by Gasteiger charge is -2.42. The molecule has 1 aliphatic rings. The Balaban J connectivity index is 1.24. The number of rotatable bonds is 9. The molecule has 184 valence electrons. The van der Waals surface area contributed by atoms with Crippen LogP contribution in [0.2, 0.25) is 0 Å². The van der Waals surface area contributed by atoms with Gasteiger partial charge in [0.1, 0.15) is 0 Å². The zero-order valence-electron chi connectivity index (χ0n) is 21.4. The quantitative estimate of drug-likeness (QED) is 0.251. The van der Waals surface area contributed by atoms with Crippen molar-refractivity contribution in [2.45, 2.75) is 32.9 Å². The summed E-state index contributed by atoms with van der Waals surface area (Å²) in [5.74, 6) is 0. The topological polar surface area (TPSA) is 9.72 Å². The van der Waals surface area contributed by atoms with E-state index in [1.165, 1.54) is 46.2 Å². The SMILES string of the molecule is CCCCN1CN(Cc2ccc(-c3ccccc3)cc2)CN(Cc2ccc(-c3ccccc3)cc2)C1. The number of unbranched alkanes of at least 4 members (excludes halogenated alkanes) is 1. The van der Waals surface area contributed by atoms with Crippen LogP contribution in [0.5, 0.6) is 0 Å². The van der Waals surface area contributed by atoms with E-state index in [2.05, 4.69) is 131 Å². The molecule has 36 heavy (non-hydrogen) atoms. The molecule has 0 N–H and O–H groups in total. The number of hydrogen-bond acceptors (Lipinski definition) is 3. The monoisotopic (exact) mass is 475 g/mol. The van der Waals surface area contributed by atoms with Gasteiger partial charge in [-0.15, -0.1) is 0 Å². The lowest BCUT2D eigenvalue weighted by Crippen LogP contribution is -2.54. The van der Waals surface area contributed by atoms with Gasteiger partial charge in [0.15, 0.2) is 0 Å². The minimum atomic E-state index is 0.973. The molecule has 3 nitrogen and oxygen atoms in total. The average Bonchev–Trinajstić information content (AvgIpc) is 2.94. The van der Waals surface area contributed by atoms with Crippen molar-refractivity contribution in [2.24, 2.45) is 0 Å². The normalized spacial score (nSPS) is 15.2. The molecule has 0 amide bonds. The smallest absolute Gasteiger partial charge is 0.0537 e. The molecule has 1 heterocycles. The van der Waals surface area contributed by atoms with Gasteiger partial charge in [-0.05, 0) is 39.8 Å². The maximum Gasteiger partial charge on any atom is 0.0537 e. The van der Waals surface area contributed by atoms with Crippen LogP contribution < -0.4 is 0 Å². The first-order valence-corrected chi connectivity index (χ1v) is 13.2. The van der Waals surface area contributed by atoms with Crippen LogP contribution in [-0.4, -0.2) is 41.3 Å². The first-order valence-electron chi connectivity index (χ1n) is 13.2. The molecular weight excluding hydrogens is 438 g/mol. The van der Waals surface area contributed by atoms with Gasteiger partial charge in [-0.25, -0.2) is 0 Å². The van der Waals surface area contributed by atoms with Gasteiger partial charge in [0, 0.05) is 19.6 Å². The Morgan fingerprint density at radius 3 is 1.28 bits per heavy atom. The van der Waals surface area contributed by atoms with Crippen LogP contribution >= 0.6 is 0 Å². The summed E-state index contributed by atoms with van der Waals surface area (Å²) in [5, 5.41) is 0. The second kappa shape index (κ2) is 12.1. The Morgan fingerprint density at radius 1 is 0.472 bits per heavy atom. The summed E-state index contributed by atoms with van der Waals surface area (Å²) in [7, 11) is 0. The van der Waals surface area contributed by atoms with Gasteiger partial charge in [-0.3, -0.25) is 14.7 Å². The zero-order valence-corrected chi connectivity index (χ0v) is 21.4. The summed E-state index contributed by atoms with van der Waals surface area (Å²) in [6.07, 6.45) is 2.48. The molecule has 3 heteroatoms. The molecule has 0 aliphatic carbocycles. The highest BCUT2D eigenvalue weighted by Crippen LogP contribution is 2.23. The fourth-order valence-corrected chi connectivity index (χ4v) is 5.09. The van der Waals surface area contributed by atoms with Crippen LogP contribution in [0.15, 0.2) is 109 Å². The minimum absolute atomic E-state index is 0.973. The van der Waals surface area contributed by atoms with E-state index in [1.54, 1.807) is 0 Å². The summed E-state index contributed by atoms with van der Waals surface area (Å²) in [6.45, 7) is 8.44. The molecule has 4 aromatic rings. The molecule has 0 aromatic heterocycles. The van der Waals surface area contributed by atoms with Crippen molar-refractivity contribution in [3.8, 4) is 22.3 Å². The third-order valence-corrected chi connectivity index (χ3v) is 6.96. The van der Waals surface area contributed by atoms with E-state index < -0.39 is 0 Å². The molecule has 0 radical (unpaired) electrons. The fourth-order valence-electron chi connectivity index (χ4n) is 5.09. The lowest BCUT2D eigenvalue weighted by atomic mass is 10.0. The van der Waals surface area contributed by atoms with Crippen molar-refractivity contribution in [1.82, 2.24) is 14.7 Å². The van der Waals surface area contributed by atoms with Gasteiger partial charge in [-0.2, -0.15) is 0 Å². The second-order valence-corrected chi connectivity index (χ2v) is 9.96. The molecule has 0 spiro atoms. The molecule has 1 saturated heterocycles. The highest BCUT2D eigenvalue weighted by Gasteiger charge is 2.23. The lowest BCUT2D eigenvalue weighted by molar-refractivity contribution is -0.0383. The second-order valence-electron chi connectivity index (χ2n) is 9.96. The summed E-state index contributed by atoms with van der Waals surface area (Å²) in [6, 6.07) is 39.5. The summed E-state index contributed by atoms with van der Waals surface area (Å²) >= 11 is 0. The maximum absolute atomic E-state index is 2.60. The van der Waals surface area contributed by atoms with Crippen molar-refractivity contribution >= 4 is 0 Å².